The van der Waals surface area contributed by atoms with Gasteiger partial charge in [0.2, 0.25) is 0 Å². The van der Waals surface area contributed by atoms with E-state index in [1.54, 1.807) is 0 Å². The van der Waals surface area contributed by atoms with Gasteiger partial charge in [-0.1, -0.05) is 237 Å². The van der Waals surface area contributed by atoms with Gasteiger partial charge in [0.05, 0.1) is 5.69 Å². The van der Waals surface area contributed by atoms with E-state index in [2.05, 4.69) is 315 Å². The second-order valence-corrected chi connectivity index (χ2v) is 27.6. The minimum absolute atomic E-state index is 0.00611. The maximum absolute atomic E-state index is 6.72. The molecule has 12 aromatic carbocycles. The summed E-state index contributed by atoms with van der Waals surface area (Å²) in [6.45, 7) is 21.0. The molecule has 0 bridgehead atoms. The summed E-state index contributed by atoms with van der Waals surface area (Å²) in [6.07, 6.45) is 25.6. The van der Waals surface area contributed by atoms with Crippen LogP contribution in [0.15, 0.2) is 243 Å². The Morgan fingerprint density at radius 1 is 0.326 bits per heavy atom. The van der Waals surface area contributed by atoms with Crippen LogP contribution in [0.5, 0.6) is 0 Å². The summed E-state index contributed by atoms with van der Waals surface area (Å²) >= 11 is 0. The van der Waals surface area contributed by atoms with Gasteiger partial charge in [-0.15, -0.1) is 25.7 Å². The predicted molar refractivity (Wildman–Crippen MR) is 390 cm³/mol. The lowest BCUT2D eigenvalue weighted by atomic mass is 9.72. The molecule has 12 aromatic rings. The molecule has 92 heavy (non-hydrogen) atoms. The molecule has 1 unspecified atom stereocenters. The first-order valence-electron chi connectivity index (χ1n) is 31.8. The first kappa shape index (κ1) is 58.6. The Bertz CT molecular complexity index is 5050. The lowest BCUT2D eigenvalue weighted by Gasteiger charge is -2.31. The van der Waals surface area contributed by atoms with Gasteiger partial charge in [-0.05, 0) is 225 Å². The number of terminal acetylenes is 4. The van der Waals surface area contributed by atoms with Crippen LogP contribution in [0, 0.1) is 49.4 Å². The van der Waals surface area contributed by atoms with Gasteiger partial charge in [-0.25, -0.2) is 0 Å². The Balaban J connectivity index is 1.01. The monoisotopic (exact) mass is 1180 g/mol. The largest absolute Gasteiger partial charge is 0.310 e. The van der Waals surface area contributed by atoms with Crippen LogP contribution in [0.25, 0.3) is 88.7 Å². The van der Waals surface area contributed by atoms with Gasteiger partial charge in [-0.2, -0.15) is 0 Å². The number of anilines is 3. The summed E-state index contributed by atoms with van der Waals surface area (Å²) in [7, 11) is 0. The zero-order chi connectivity index (χ0) is 64.0. The molecule has 0 aliphatic heterocycles. The molecule has 0 N–H and O–H groups in total. The average Bonchev–Trinajstić information content (AvgIpc) is 1.52. The third-order valence-electron chi connectivity index (χ3n) is 19.8. The van der Waals surface area contributed by atoms with Crippen molar-refractivity contribution in [3.8, 4) is 127 Å². The van der Waals surface area contributed by atoms with Gasteiger partial charge >= 0.3 is 0 Å². The standard InChI is InChI=1S/C91H71N/c1-14-58-33-28-37-75(71(58)15-2)76-48-47-74(72(16-3)73(76)17-4)65-52-64(63-50-61(59-29-20-18-21-30-59)49-62(51-63)60-31-22-19-23-32-60)53-68(54-65)91(13)82-38-27-26-34-77(82)80-55-83-81(56-84(80)91)87-79-36-25-24-35-78(79)86(57-85(87)90(83,11)12)92(69-43-39-66(40-44-69)88(5,6)7)70-45-41-67(42-46-70)89(8,9)10/h1-4,18-57H,5-13H3. The Kier molecular flexibility index (Phi) is 14.1. The van der Waals surface area contributed by atoms with Gasteiger partial charge in [0, 0.05) is 49.8 Å². The molecule has 0 heterocycles. The van der Waals surface area contributed by atoms with Crippen LogP contribution in [0.4, 0.5) is 17.1 Å². The summed E-state index contributed by atoms with van der Waals surface area (Å²) in [6, 6.07) is 89.4. The molecule has 0 radical (unpaired) electrons. The molecule has 2 aliphatic rings. The molecule has 1 atom stereocenters. The predicted octanol–water partition coefficient (Wildman–Crippen LogP) is 22.8. The zero-order valence-corrected chi connectivity index (χ0v) is 53.9. The number of hydrogen-bond donors (Lipinski definition) is 0. The van der Waals surface area contributed by atoms with Crippen molar-refractivity contribution < 1.29 is 0 Å². The molecule has 14 rings (SSSR count). The maximum atomic E-state index is 6.72. The van der Waals surface area contributed by atoms with Crippen LogP contribution in [0.1, 0.15) is 124 Å². The first-order valence-corrected chi connectivity index (χ1v) is 31.8. The third kappa shape index (κ3) is 9.56. The first-order chi connectivity index (χ1) is 44.3. The lowest BCUT2D eigenvalue weighted by Crippen LogP contribution is -2.23. The minimum atomic E-state index is -0.675. The minimum Gasteiger partial charge on any atom is -0.310 e. The van der Waals surface area contributed by atoms with Crippen molar-refractivity contribution in [2.75, 3.05) is 4.90 Å². The molecule has 1 nitrogen and oxygen atoms in total. The van der Waals surface area contributed by atoms with E-state index < -0.39 is 5.41 Å². The highest BCUT2D eigenvalue weighted by Gasteiger charge is 2.46. The molecule has 0 spiro atoms. The van der Waals surface area contributed by atoms with Crippen LogP contribution in [-0.4, -0.2) is 0 Å². The Morgan fingerprint density at radius 2 is 0.793 bits per heavy atom. The van der Waals surface area contributed by atoms with Gasteiger partial charge < -0.3 is 4.90 Å². The van der Waals surface area contributed by atoms with E-state index in [4.69, 9.17) is 25.7 Å². The second-order valence-electron chi connectivity index (χ2n) is 27.6. The summed E-state index contributed by atoms with van der Waals surface area (Å²) in [5, 5.41) is 2.41. The number of nitrogens with zero attached hydrogens (tertiary/aromatic N) is 1. The normalized spacial score (nSPS) is 14.2. The van der Waals surface area contributed by atoms with Crippen LogP contribution in [0.3, 0.4) is 0 Å². The van der Waals surface area contributed by atoms with Gasteiger partial charge in [-0.3, -0.25) is 0 Å². The fourth-order valence-corrected chi connectivity index (χ4v) is 14.7. The number of fused-ring (bicyclic) bond motifs is 8. The smallest absolute Gasteiger partial charge is 0.0543 e. The van der Waals surface area contributed by atoms with Crippen molar-refractivity contribution in [2.45, 2.75) is 84.0 Å². The van der Waals surface area contributed by atoms with Crippen molar-refractivity contribution in [1.29, 1.82) is 0 Å². The second kappa shape index (κ2) is 22.2. The van der Waals surface area contributed by atoms with Crippen molar-refractivity contribution >= 4 is 27.8 Å². The van der Waals surface area contributed by atoms with Crippen molar-refractivity contribution in [3.05, 3.63) is 304 Å². The third-order valence-corrected chi connectivity index (χ3v) is 19.8. The summed E-state index contributed by atoms with van der Waals surface area (Å²) in [4.78, 5) is 2.48. The molecular formula is C91H71N. The van der Waals surface area contributed by atoms with E-state index in [-0.39, 0.29) is 16.2 Å². The molecule has 440 valence electrons. The van der Waals surface area contributed by atoms with Crippen molar-refractivity contribution in [2.24, 2.45) is 0 Å². The molecule has 0 aromatic heterocycles. The number of benzene rings is 12. The van der Waals surface area contributed by atoms with Crippen LogP contribution in [0.2, 0.25) is 0 Å². The summed E-state index contributed by atoms with van der Waals surface area (Å²) in [5.74, 6) is 11.8. The Hall–Kier alpha value is -11.1. The van der Waals surface area contributed by atoms with Crippen LogP contribution < -0.4 is 4.90 Å². The van der Waals surface area contributed by atoms with Crippen molar-refractivity contribution in [1.82, 2.24) is 0 Å². The number of rotatable bonds is 9. The zero-order valence-electron chi connectivity index (χ0n) is 53.9. The maximum Gasteiger partial charge on any atom is 0.0543 e. The number of hydrogen-bond acceptors (Lipinski definition) is 1. The molecule has 0 amide bonds. The molecule has 0 fully saturated rings. The molecular weight excluding hydrogens is 1110 g/mol. The quantitative estimate of drug-likeness (QED) is 0.130. The average molecular weight is 1180 g/mol. The highest BCUT2D eigenvalue weighted by Crippen LogP contribution is 2.61. The molecule has 2 aliphatic carbocycles. The lowest BCUT2D eigenvalue weighted by molar-refractivity contribution is 0.590. The molecule has 0 saturated carbocycles. The van der Waals surface area contributed by atoms with Gasteiger partial charge in [0.25, 0.3) is 0 Å². The Morgan fingerprint density at radius 3 is 1.37 bits per heavy atom. The fraction of sp³-hybridized carbons (Fsp3) is 0.143. The highest BCUT2D eigenvalue weighted by atomic mass is 15.1. The van der Waals surface area contributed by atoms with E-state index in [1.807, 2.05) is 18.2 Å². The van der Waals surface area contributed by atoms with E-state index >= 15 is 0 Å². The fourth-order valence-electron chi connectivity index (χ4n) is 14.7. The summed E-state index contributed by atoms with van der Waals surface area (Å²) < 4.78 is 0. The highest BCUT2D eigenvalue weighted by molar-refractivity contribution is 6.11. The molecule has 1 heteroatoms. The van der Waals surface area contributed by atoms with E-state index in [0.717, 1.165) is 78.3 Å². The van der Waals surface area contributed by atoms with Gasteiger partial charge in [0.1, 0.15) is 0 Å². The van der Waals surface area contributed by atoms with Crippen LogP contribution >= 0.6 is 0 Å². The van der Waals surface area contributed by atoms with E-state index in [9.17, 15) is 0 Å². The topological polar surface area (TPSA) is 3.24 Å². The van der Waals surface area contributed by atoms with Crippen molar-refractivity contribution in [3.63, 3.8) is 0 Å². The van der Waals surface area contributed by atoms with E-state index in [0.29, 0.717) is 22.3 Å². The molecule has 0 saturated heterocycles. The van der Waals surface area contributed by atoms with Crippen LogP contribution in [-0.2, 0) is 21.7 Å². The SMILES string of the molecule is C#Cc1cccc(-c2ccc(-c3cc(-c4cc(-c5ccccc5)cc(-c5ccccc5)c4)cc(C4(C)c5ccccc5-c5cc6c(cc54)-c4c(cc(N(c5ccc(C(C)(C)C)cc5)c5ccc(C(C)(C)C)cc5)c5ccccc45)C6(C)C)c3)c(C#C)c2C#C)c1C#C. The summed E-state index contributed by atoms with van der Waals surface area (Å²) in [5.41, 5.74) is 28.4. The Labute approximate surface area is 544 Å². The van der Waals surface area contributed by atoms with E-state index in [1.165, 1.54) is 66.4 Å². The van der Waals surface area contributed by atoms with Gasteiger partial charge in [0.15, 0.2) is 0 Å².